The third-order valence-electron chi connectivity index (χ3n) is 5.81. The van der Waals surface area contributed by atoms with Gasteiger partial charge in [0.1, 0.15) is 11.5 Å². The molecule has 0 radical (unpaired) electrons. The first-order valence-corrected chi connectivity index (χ1v) is 10.4. The van der Waals surface area contributed by atoms with Crippen molar-refractivity contribution in [1.82, 2.24) is 24.9 Å². The molecule has 1 aliphatic rings. The zero-order valence-electron chi connectivity index (χ0n) is 16.9. The number of anilines is 1. The summed E-state index contributed by atoms with van der Waals surface area (Å²) in [5, 5.41) is 2.25. The molecule has 0 saturated heterocycles. The van der Waals surface area contributed by atoms with E-state index in [1.54, 1.807) is 6.20 Å². The lowest BCUT2D eigenvalue weighted by molar-refractivity contribution is 0.820. The van der Waals surface area contributed by atoms with Crippen molar-refractivity contribution in [1.29, 1.82) is 0 Å². The second-order valence-electron chi connectivity index (χ2n) is 7.66. The topological polar surface area (TPSA) is 70.6 Å². The van der Waals surface area contributed by atoms with E-state index in [2.05, 4.69) is 44.3 Å². The molecule has 31 heavy (non-hydrogen) atoms. The smallest absolute Gasteiger partial charge is 0.163 e. The summed E-state index contributed by atoms with van der Waals surface area (Å²) in [6.07, 6.45) is 10.7. The Hall–Kier alpha value is -4.06. The maximum absolute atomic E-state index is 4.96. The molecule has 1 N–H and O–H groups in total. The molecule has 5 aromatic rings. The van der Waals surface area contributed by atoms with Gasteiger partial charge in [-0.3, -0.25) is 4.98 Å². The van der Waals surface area contributed by atoms with Crippen molar-refractivity contribution in [3.05, 3.63) is 85.0 Å². The number of pyridine rings is 2. The van der Waals surface area contributed by atoms with Crippen LogP contribution in [0.1, 0.15) is 12.0 Å². The first-order chi connectivity index (χ1) is 15.4. The number of hydrogen-bond acceptors (Lipinski definition) is 5. The molecule has 6 heteroatoms. The first kappa shape index (κ1) is 17.8. The number of H-pyrrole nitrogens is 1. The number of para-hydroxylation sites is 1. The van der Waals surface area contributed by atoms with Gasteiger partial charge in [-0.15, -0.1) is 0 Å². The van der Waals surface area contributed by atoms with Crippen LogP contribution in [0.25, 0.3) is 38.9 Å². The zero-order valence-corrected chi connectivity index (χ0v) is 16.9. The Labute approximate surface area is 179 Å². The van der Waals surface area contributed by atoms with E-state index in [0.29, 0.717) is 5.82 Å². The van der Waals surface area contributed by atoms with Gasteiger partial charge >= 0.3 is 0 Å². The molecule has 0 bridgehead atoms. The van der Waals surface area contributed by atoms with Crippen LogP contribution in [0.4, 0.5) is 5.82 Å². The normalized spacial score (nSPS) is 14.2. The average molecular weight is 404 g/mol. The van der Waals surface area contributed by atoms with Crippen LogP contribution in [0.2, 0.25) is 0 Å². The van der Waals surface area contributed by atoms with E-state index in [4.69, 9.17) is 9.97 Å². The van der Waals surface area contributed by atoms with Gasteiger partial charge in [-0.2, -0.15) is 0 Å². The van der Waals surface area contributed by atoms with Crippen molar-refractivity contribution < 1.29 is 0 Å². The van der Waals surface area contributed by atoms with Crippen molar-refractivity contribution in [3.63, 3.8) is 0 Å². The van der Waals surface area contributed by atoms with E-state index in [-0.39, 0.29) is 0 Å². The summed E-state index contributed by atoms with van der Waals surface area (Å²) in [6, 6.07) is 16.2. The van der Waals surface area contributed by atoms with Crippen LogP contribution in [0.5, 0.6) is 0 Å². The SMILES string of the molecule is C1=C(c2c[nH]c3ncccc23)CCN(c2nc(-c3cccnc3)nc3ccccc23)C1. The van der Waals surface area contributed by atoms with Crippen LogP contribution in [-0.4, -0.2) is 38.0 Å². The van der Waals surface area contributed by atoms with Crippen LogP contribution >= 0.6 is 0 Å². The van der Waals surface area contributed by atoms with Gasteiger partial charge in [-0.05, 0) is 48.4 Å². The Bertz CT molecular complexity index is 1420. The number of nitrogens with zero attached hydrogens (tertiary/aromatic N) is 5. The molecule has 0 fully saturated rings. The standard InChI is InChI=1S/C25H20N6/c1-2-8-22-20(6-1)25(30-23(29-22)18-5-3-11-26-15-18)31-13-9-17(10-14-31)21-16-28-24-19(21)7-4-12-27-24/h1-9,11-12,15-16H,10,13-14H2,(H,27,28). The predicted octanol–water partition coefficient (Wildman–Crippen LogP) is 4.86. The minimum Gasteiger partial charge on any atom is -0.352 e. The number of nitrogens with one attached hydrogen (secondary N) is 1. The van der Waals surface area contributed by atoms with E-state index >= 15 is 0 Å². The number of aromatic amines is 1. The summed E-state index contributed by atoms with van der Waals surface area (Å²) in [4.78, 5) is 24.0. The molecule has 150 valence electrons. The Morgan fingerprint density at radius 1 is 0.903 bits per heavy atom. The molecule has 0 amide bonds. The van der Waals surface area contributed by atoms with Crippen LogP contribution in [-0.2, 0) is 0 Å². The van der Waals surface area contributed by atoms with Crippen LogP contribution in [0.15, 0.2) is 79.4 Å². The molecule has 4 aromatic heterocycles. The summed E-state index contributed by atoms with van der Waals surface area (Å²) in [6.45, 7) is 1.70. The molecule has 6 nitrogen and oxygen atoms in total. The van der Waals surface area contributed by atoms with Crippen LogP contribution in [0.3, 0.4) is 0 Å². The van der Waals surface area contributed by atoms with Crippen molar-refractivity contribution in [2.24, 2.45) is 0 Å². The minimum absolute atomic E-state index is 0.708. The van der Waals surface area contributed by atoms with Gasteiger partial charge in [0.25, 0.3) is 0 Å². The molecule has 0 spiro atoms. The maximum atomic E-state index is 4.96. The number of aromatic nitrogens is 5. The second kappa shape index (κ2) is 7.32. The molecule has 0 saturated carbocycles. The number of benzene rings is 1. The van der Waals surface area contributed by atoms with E-state index in [0.717, 1.165) is 47.4 Å². The van der Waals surface area contributed by atoms with E-state index in [1.165, 1.54) is 16.5 Å². The Balaban J connectivity index is 1.39. The Morgan fingerprint density at radius 3 is 2.68 bits per heavy atom. The highest BCUT2D eigenvalue weighted by atomic mass is 15.2. The highest BCUT2D eigenvalue weighted by Gasteiger charge is 2.20. The van der Waals surface area contributed by atoms with Crippen molar-refractivity contribution in [3.8, 4) is 11.4 Å². The lowest BCUT2D eigenvalue weighted by Gasteiger charge is -2.28. The lowest BCUT2D eigenvalue weighted by atomic mass is 9.99. The quantitative estimate of drug-likeness (QED) is 0.465. The number of fused-ring (bicyclic) bond motifs is 2. The van der Waals surface area contributed by atoms with Crippen molar-refractivity contribution in [2.75, 3.05) is 18.0 Å². The highest BCUT2D eigenvalue weighted by Crippen LogP contribution is 2.32. The molecular formula is C25H20N6. The van der Waals surface area contributed by atoms with Crippen LogP contribution in [0, 0.1) is 0 Å². The molecular weight excluding hydrogens is 384 g/mol. The van der Waals surface area contributed by atoms with Gasteiger partial charge < -0.3 is 9.88 Å². The molecule has 0 aliphatic carbocycles. The maximum Gasteiger partial charge on any atom is 0.163 e. The van der Waals surface area contributed by atoms with Gasteiger partial charge in [0.15, 0.2) is 5.82 Å². The summed E-state index contributed by atoms with van der Waals surface area (Å²) in [5.74, 6) is 1.68. The molecule has 0 unspecified atom stereocenters. The molecule has 0 atom stereocenters. The first-order valence-electron chi connectivity index (χ1n) is 10.4. The number of hydrogen-bond donors (Lipinski definition) is 1. The largest absolute Gasteiger partial charge is 0.352 e. The predicted molar refractivity (Wildman–Crippen MR) is 124 cm³/mol. The van der Waals surface area contributed by atoms with Gasteiger partial charge in [-0.25, -0.2) is 15.0 Å². The van der Waals surface area contributed by atoms with E-state index in [1.807, 2.05) is 48.8 Å². The Kier molecular flexibility index (Phi) is 4.20. The summed E-state index contributed by atoms with van der Waals surface area (Å²) in [5.41, 5.74) is 5.40. The molecule has 5 heterocycles. The van der Waals surface area contributed by atoms with E-state index in [9.17, 15) is 0 Å². The zero-order chi connectivity index (χ0) is 20.6. The molecule has 1 aromatic carbocycles. The summed E-state index contributed by atoms with van der Waals surface area (Å²) >= 11 is 0. The fourth-order valence-electron chi connectivity index (χ4n) is 4.25. The Morgan fingerprint density at radius 2 is 1.81 bits per heavy atom. The van der Waals surface area contributed by atoms with Crippen molar-refractivity contribution >= 4 is 33.3 Å². The third kappa shape index (κ3) is 3.13. The number of rotatable bonds is 3. The van der Waals surface area contributed by atoms with Gasteiger partial charge in [-0.1, -0.05) is 18.2 Å². The summed E-state index contributed by atoms with van der Waals surface area (Å²) in [7, 11) is 0. The molecule has 1 aliphatic heterocycles. The van der Waals surface area contributed by atoms with Gasteiger partial charge in [0, 0.05) is 59.8 Å². The van der Waals surface area contributed by atoms with Crippen LogP contribution < -0.4 is 4.90 Å². The lowest BCUT2D eigenvalue weighted by Crippen LogP contribution is -2.29. The van der Waals surface area contributed by atoms with Gasteiger partial charge in [0.05, 0.1) is 5.52 Å². The van der Waals surface area contributed by atoms with Crippen molar-refractivity contribution in [2.45, 2.75) is 6.42 Å². The minimum atomic E-state index is 0.708. The second-order valence-corrected chi connectivity index (χ2v) is 7.66. The van der Waals surface area contributed by atoms with E-state index < -0.39 is 0 Å². The van der Waals surface area contributed by atoms with Gasteiger partial charge in [0.2, 0.25) is 0 Å². The summed E-state index contributed by atoms with van der Waals surface area (Å²) < 4.78 is 0. The monoisotopic (exact) mass is 404 g/mol. The fraction of sp³-hybridized carbons (Fsp3) is 0.120. The molecule has 6 rings (SSSR count). The third-order valence-corrected chi connectivity index (χ3v) is 5.81. The average Bonchev–Trinajstić information content (AvgIpc) is 3.28. The fourth-order valence-corrected chi connectivity index (χ4v) is 4.25. The highest BCUT2D eigenvalue weighted by molar-refractivity contribution is 5.93.